The van der Waals surface area contributed by atoms with Gasteiger partial charge in [-0.25, -0.2) is 4.83 Å². The molecule has 3 rings (SSSR count). The second kappa shape index (κ2) is 6.40. The van der Waals surface area contributed by atoms with Crippen molar-refractivity contribution in [3.8, 4) is 0 Å². The smallest absolute Gasteiger partial charge is 0.200 e. The molecule has 0 bridgehead atoms. The van der Waals surface area contributed by atoms with Crippen molar-refractivity contribution >= 4 is 38.6 Å². The fraction of sp³-hybridized carbons (Fsp3) is 0. The van der Waals surface area contributed by atoms with Crippen molar-refractivity contribution in [2.24, 2.45) is 5.10 Å². The SMILES string of the molecule is O=S(=O)(N/N=C\c1ccc(Cl)cc1)c1ccc2ccccc2c1. The summed E-state index contributed by atoms with van der Waals surface area (Å²) in [5, 5.41) is 6.24. The Morgan fingerprint density at radius 2 is 1.61 bits per heavy atom. The van der Waals surface area contributed by atoms with Crippen molar-refractivity contribution in [1.29, 1.82) is 0 Å². The molecule has 0 fully saturated rings. The third-order valence-electron chi connectivity index (χ3n) is 3.29. The van der Waals surface area contributed by atoms with Gasteiger partial charge in [0.15, 0.2) is 0 Å². The summed E-state index contributed by atoms with van der Waals surface area (Å²) < 4.78 is 24.5. The van der Waals surface area contributed by atoms with Crippen LogP contribution in [0.15, 0.2) is 76.7 Å². The highest BCUT2D eigenvalue weighted by molar-refractivity contribution is 7.89. The molecule has 3 aromatic rings. The van der Waals surface area contributed by atoms with Crippen LogP contribution in [0.1, 0.15) is 5.56 Å². The molecule has 1 N–H and O–H groups in total. The Balaban J connectivity index is 1.81. The van der Waals surface area contributed by atoms with Crippen molar-refractivity contribution in [3.05, 3.63) is 77.3 Å². The summed E-state index contributed by atoms with van der Waals surface area (Å²) in [4.78, 5) is 2.38. The van der Waals surface area contributed by atoms with Gasteiger partial charge in [0.2, 0.25) is 0 Å². The maximum absolute atomic E-state index is 12.3. The summed E-state index contributed by atoms with van der Waals surface area (Å²) in [5.41, 5.74) is 0.746. The maximum Gasteiger partial charge on any atom is 0.276 e. The lowest BCUT2D eigenvalue weighted by molar-refractivity contribution is 0.585. The maximum atomic E-state index is 12.3. The zero-order valence-electron chi connectivity index (χ0n) is 12.0. The molecule has 23 heavy (non-hydrogen) atoms. The Morgan fingerprint density at radius 1 is 0.913 bits per heavy atom. The number of hydrogen-bond acceptors (Lipinski definition) is 3. The van der Waals surface area contributed by atoms with Gasteiger partial charge in [0.05, 0.1) is 11.1 Å². The number of rotatable bonds is 4. The van der Waals surface area contributed by atoms with E-state index in [9.17, 15) is 8.42 Å². The lowest BCUT2D eigenvalue weighted by atomic mass is 10.1. The number of nitrogens with zero attached hydrogens (tertiary/aromatic N) is 1. The molecule has 0 spiro atoms. The fourth-order valence-electron chi connectivity index (χ4n) is 2.11. The number of halogens is 1. The Bertz CT molecular complexity index is 967. The van der Waals surface area contributed by atoms with Crippen LogP contribution < -0.4 is 4.83 Å². The standard InChI is InChI=1S/C17H13ClN2O2S/c18-16-8-5-13(6-9-16)12-19-20-23(21,22)17-10-7-14-3-1-2-4-15(14)11-17/h1-12,20H/b19-12-. The van der Waals surface area contributed by atoms with E-state index in [4.69, 9.17) is 11.6 Å². The molecular formula is C17H13ClN2O2S. The number of hydrazone groups is 1. The van der Waals surface area contributed by atoms with E-state index in [2.05, 4.69) is 9.93 Å². The predicted molar refractivity (Wildman–Crippen MR) is 93.3 cm³/mol. The molecule has 0 aliphatic carbocycles. The zero-order valence-corrected chi connectivity index (χ0v) is 13.6. The molecule has 0 heterocycles. The molecule has 0 unspecified atom stereocenters. The van der Waals surface area contributed by atoms with E-state index in [0.717, 1.165) is 16.3 Å². The van der Waals surface area contributed by atoms with Crippen molar-refractivity contribution < 1.29 is 8.42 Å². The van der Waals surface area contributed by atoms with Gasteiger partial charge in [-0.2, -0.15) is 13.5 Å². The largest absolute Gasteiger partial charge is 0.276 e. The van der Waals surface area contributed by atoms with Crippen molar-refractivity contribution in [3.63, 3.8) is 0 Å². The first-order valence-corrected chi connectivity index (χ1v) is 8.70. The number of benzene rings is 3. The molecule has 0 atom stereocenters. The molecule has 0 saturated carbocycles. The van der Waals surface area contributed by atoms with Crippen LogP contribution in [0.25, 0.3) is 10.8 Å². The minimum absolute atomic E-state index is 0.171. The van der Waals surface area contributed by atoms with Gasteiger partial charge in [0.25, 0.3) is 10.0 Å². The summed E-state index contributed by atoms with van der Waals surface area (Å²) in [5.74, 6) is 0. The van der Waals surface area contributed by atoms with Crippen LogP contribution in [0, 0.1) is 0 Å². The minimum Gasteiger partial charge on any atom is -0.200 e. The molecule has 116 valence electrons. The molecule has 6 heteroatoms. The second-order valence-electron chi connectivity index (χ2n) is 4.91. The van der Waals surface area contributed by atoms with Gasteiger partial charge >= 0.3 is 0 Å². The van der Waals surface area contributed by atoms with Gasteiger partial charge in [-0.15, -0.1) is 0 Å². The van der Waals surface area contributed by atoms with E-state index in [-0.39, 0.29) is 4.90 Å². The number of nitrogens with one attached hydrogen (secondary N) is 1. The second-order valence-corrected chi connectivity index (χ2v) is 7.01. The normalized spacial score (nSPS) is 11.9. The first-order chi connectivity index (χ1) is 11.0. The summed E-state index contributed by atoms with van der Waals surface area (Å²) in [6.07, 6.45) is 1.43. The minimum atomic E-state index is -3.70. The highest BCUT2D eigenvalue weighted by Gasteiger charge is 2.12. The average molecular weight is 345 g/mol. The van der Waals surface area contributed by atoms with E-state index in [1.807, 2.05) is 24.3 Å². The molecule has 0 radical (unpaired) electrons. The van der Waals surface area contributed by atoms with E-state index in [1.54, 1.807) is 42.5 Å². The van der Waals surface area contributed by atoms with Crippen LogP contribution in [-0.2, 0) is 10.0 Å². The third-order valence-corrected chi connectivity index (χ3v) is 4.76. The average Bonchev–Trinajstić information content (AvgIpc) is 2.56. The van der Waals surface area contributed by atoms with Gasteiger partial charge in [0, 0.05) is 5.02 Å². The molecule has 0 amide bonds. The van der Waals surface area contributed by atoms with E-state index < -0.39 is 10.0 Å². The molecule has 0 aliphatic heterocycles. The quantitative estimate of drug-likeness (QED) is 0.578. The van der Waals surface area contributed by atoms with Gasteiger partial charge in [-0.1, -0.05) is 54.1 Å². The molecule has 0 aliphatic rings. The van der Waals surface area contributed by atoms with Crippen LogP contribution in [-0.4, -0.2) is 14.6 Å². The lowest BCUT2D eigenvalue weighted by Gasteiger charge is -2.05. The Morgan fingerprint density at radius 3 is 2.35 bits per heavy atom. The van der Waals surface area contributed by atoms with Crippen LogP contribution >= 0.6 is 11.6 Å². The van der Waals surface area contributed by atoms with Crippen LogP contribution in [0.5, 0.6) is 0 Å². The summed E-state index contributed by atoms with van der Waals surface area (Å²) >= 11 is 5.79. The van der Waals surface area contributed by atoms with Gasteiger partial charge in [0.1, 0.15) is 0 Å². The number of fused-ring (bicyclic) bond motifs is 1. The molecular weight excluding hydrogens is 332 g/mol. The lowest BCUT2D eigenvalue weighted by Crippen LogP contribution is -2.18. The van der Waals surface area contributed by atoms with Crippen LogP contribution in [0.2, 0.25) is 5.02 Å². The third kappa shape index (κ3) is 3.70. The predicted octanol–water partition coefficient (Wildman–Crippen LogP) is 3.81. The highest BCUT2D eigenvalue weighted by Crippen LogP contribution is 2.18. The van der Waals surface area contributed by atoms with E-state index in [1.165, 1.54) is 6.21 Å². The summed E-state index contributed by atoms with van der Waals surface area (Å²) in [6, 6.07) is 19.4. The van der Waals surface area contributed by atoms with Crippen molar-refractivity contribution in [2.75, 3.05) is 0 Å². The number of sulfonamides is 1. The van der Waals surface area contributed by atoms with Gasteiger partial charge in [-0.05, 0) is 40.6 Å². The number of hydrogen-bond donors (Lipinski definition) is 1. The molecule has 0 saturated heterocycles. The first kappa shape index (κ1) is 15.5. The van der Waals surface area contributed by atoms with E-state index >= 15 is 0 Å². The fourth-order valence-corrected chi connectivity index (χ4v) is 3.06. The van der Waals surface area contributed by atoms with Gasteiger partial charge in [-0.3, -0.25) is 0 Å². The Hall–Kier alpha value is -2.37. The van der Waals surface area contributed by atoms with Gasteiger partial charge < -0.3 is 0 Å². The molecule has 3 aromatic carbocycles. The first-order valence-electron chi connectivity index (χ1n) is 6.84. The van der Waals surface area contributed by atoms with E-state index in [0.29, 0.717) is 5.02 Å². The topological polar surface area (TPSA) is 58.5 Å². The Kier molecular flexibility index (Phi) is 4.32. The Labute approximate surface area is 139 Å². The summed E-state index contributed by atoms with van der Waals surface area (Å²) in [7, 11) is -3.70. The van der Waals surface area contributed by atoms with Crippen molar-refractivity contribution in [1.82, 2.24) is 4.83 Å². The molecule has 4 nitrogen and oxygen atoms in total. The monoisotopic (exact) mass is 344 g/mol. The zero-order chi connectivity index (χ0) is 16.3. The van der Waals surface area contributed by atoms with Crippen LogP contribution in [0.4, 0.5) is 0 Å². The van der Waals surface area contributed by atoms with Crippen LogP contribution in [0.3, 0.4) is 0 Å². The van der Waals surface area contributed by atoms with Crippen molar-refractivity contribution in [2.45, 2.75) is 4.90 Å². The highest BCUT2D eigenvalue weighted by atomic mass is 35.5. The summed E-state index contributed by atoms with van der Waals surface area (Å²) in [6.45, 7) is 0. The molecule has 0 aromatic heterocycles.